The summed E-state index contributed by atoms with van der Waals surface area (Å²) in [6, 6.07) is 0. The second kappa shape index (κ2) is 6.20. The van der Waals surface area contributed by atoms with Gasteiger partial charge in [-0.3, -0.25) is 4.79 Å². The smallest absolute Gasteiger partial charge is 0.291 e. The van der Waals surface area contributed by atoms with Crippen LogP contribution >= 0.6 is 22.9 Å². The highest BCUT2D eigenvalue weighted by Gasteiger charge is 2.20. The van der Waals surface area contributed by atoms with Crippen molar-refractivity contribution in [2.75, 3.05) is 5.32 Å². The highest BCUT2D eigenvalue weighted by molar-refractivity contribution is 7.08. The zero-order chi connectivity index (χ0) is 14.8. The van der Waals surface area contributed by atoms with Crippen LogP contribution in [0.2, 0.25) is 5.02 Å². The average molecular weight is 324 g/mol. The molecule has 0 amide bonds. The summed E-state index contributed by atoms with van der Waals surface area (Å²) in [5, 5.41) is 11.9. The molecule has 0 unspecified atom stereocenters. The number of hydrogen-bond donors (Lipinski definition) is 1. The van der Waals surface area contributed by atoms with E-state index in [0.29, 0.717) is 29.7 Å². The molecule has 112 valence electrons. The number of halogens is 1. The van der Waals surface area contributed by atoms with Gasteiger partial charge in [-0.2, -0.15) is 16.4 Å². The van der Waals surface area contributed by atoms with Crippen molar-refractivity contribution >= 4 is 28.6 Å². The van der Waals surface area contributed by atoms with Crippen LogP contribution in [0.5, 0.6) is 0 Å². The van der Waals surface area contributed by atoms with E-state index in [-0.39, 0.29) is 5.56 Å². The Morgan fingerprint density at radius 3 is 2.90 bits per heavy atom. The first-order chi connectivity index (χ1) is 10.1. The minimum Gasteiger partial charge on any atom is -0.375 e. The molecule has 4 nitrogen and oxygen atoms in total. The molecule has 1 fully saturated rings. The SMILES string of the molecule is Cc1cscc1CNc1c(Cl)cnn(CC2CCC2)c1=O. The number of aryl methyl sites for hydroxylation is 1. The van der Waals surface area contributed by atoms with E-state index >= 15 is 0 Å². The molecule has 0 radical (unpaired) electrons. The maximum atomic E-state index is 12.5. The van der Waals surface area contributed by atoms with Gasteiger partial charge in [-0.15, -0.1) is 0 Å². The van der Waals surface area contributed by atoms with Crippen LogP contribution in [0, 0.1) is 12.8 Å². The number of anilines is 1. The van der Waals surface area contributed by atoms with Gasteiger partial charge in [0.05, 0.1) is 11.2 Å². The first-order valence-corrected chi connectivity index (χ1v) is 8.48. The van der Waals surface area contributed by atoms with Gasteiger partial charge in [-0.25, -0.2) is 4.68 Å². The Bertz CT molecular complexity index is 690. The maximum absolute atomic E-state index is 12.5. The van der Waals surface area contributed by atoms with Crippen molar-refractivity contribution in [3.8, 4) is 0 Å². The first kappa shape index (κ1) is 14.6. The highest BCUT2D eigenvalue weighted by Crippen LogP contribution is 2.27. The van der Waals surface area contributed by atoms with Gasteiger partial charge in [0.25, 0.3) is 5.56 Å². The molecule has 1 aliphatic carbocycles. The van der Waals surface area contributed by atoms with Gasteiger partial charge in [-0.1, -0.05) is 18.0 Å². The summed E-state index contributed by atoms with van der Waals surface area (Å²) in [6.45, 7) is 3.37. The van der Waals surface area contributed by atoms with E-state index in [0.717, 1.165) is 0 Å². The fourth-order valence-electron chi connectivity index (χ4n) is 2.43. The second-order valence-electron chi connectivity index (χ2n) is 5.59. The molecule has 0 bridgehead atoms. The minimum atomic E-state index is -0.123. The zero-order valence-corrected chi connectivity index (χ0v) is 13.5. The molecule has 1 aliphatic rings. The van der Waals surface area contributed by atoms with E-state index < -0.39 is 0 Å². The van der Waals surface area contributed by atoms with Crippen molar-refractivity contribution < 1.29 is 0 Å². The number of thiophene rings is 1. The van der Waals surface area contributed by atoms with E-state index in [1.807, 2.05) is 0 Å². The van der Waals surface area contributed by atoms with Crippen LogP contribution in [0.1, 0.15) is 30.4 Å². The monoisotopic (exact) mass is 323 g/mol. The lowest BCUT2D eigenvalue weighted by Crippen LogP contribution is -2.30. The lowest BCUT2D eigenvalue weighted by molar-refractivity contribution is 0.262. The van der Waals surface area contributed by atoms with Crippen LogP contribution in [0.25, 0.3) is 0 Å². The van der Waals surface area contributed by atoms with Crippen molar-refractivity contribution in [3.05, 3.63) is 43.5 Å². The number of nitrogens with one attached hydrogen (secondary N) is 1. The molecule has 2 heterocycles. The summed E-state index contributed by atoms with van der Waals surface area (Å²) >= 11 is 7.79. The summed E-state index contributed by atoms with van der Waals surface area (Å²) in [5.74, 6) is 0.586. The molecule has 6 heteroatoms. The molecule has 2 aromatic rings. The number of rotatable bonds is 5. The van der Waals surface area contributed by atoms with Crippen molar-refractivity contribution in [1.82, 2.24) is 9.78 Å². The van der Waals surface area contributed by atoms with E-state index in [1.54, 1.807) is 22.2 Å². The Hall–Kier alpha value is -1.33. The summed E-state index contributed by atoms with van der Waals surface area (Å²) in [7, 11) is 0. The topological polar surface area (TPSA) is 46.9 Å². The fourth-order valence-corrected chi connectivity index (χ4v) is 3.48. The zero-order valence-electron chi connectivity index (χ0n) is 11.9. The van der Waals surface area contributed by atoms with E-state index in [2.05, 4.69) is 28.1 Å². The maximum Gasteiger partial charge on any atom is 0.291 e. The van der Waals surface area contributed by atoms with Gasteiger partial charge in [0, 0.05) is 13.1 Å². The Morgan fingerprint density at radius 1 is 1.48 bits per heavy atom. The molecule has 0 spiro atoms. The molecule has 1 saturated carbocycles. The van der Waals surface area contributed by atoms with E-state index in [9.17, 15) is 4.79 Å². The van der Waals surface area contributed by atoms with Crippen molar-refractivity contribution in [3.63, 3.8) is 0 Å². The molecule has 2 aromatic heterocycles. The van der Waals surface area contributed by atoms with Crippen molar-refractivity contribution in [1.29, 1.82) is 0 Å². The van der Waals surface area contributed by atoms with Crippen LogP contribution in [0.4, 0.5) is 5.69 Å². The van der Waals surface area contributed by atoms with Crippen LogP contribution in [-0.2, 0) is 13.1 Å². The van der Waals surface area contributed by atoms with Gasteiger partial charge in [0.15, 0.2) is 0 Å². The predicted molar refractivity (Wildman–Crippen MR) is 87.2 cm³/mol. The quantitative estimate of drug-likeness (QED) is 0.913. The van der Waals surface area contributed by atoms with Crippen LogP contribution in [-0.4, -0.2) is 9.78 Å². The number of aromatic nitrogens is 2. The molecule has 0 atom stereocenters. The van der Waals surface area contributed by atoms with Crippen LogP contribution in [0.3, 0.4) is 0 Å². The molecule has 1 N–H and O–H groups in total. The van der Waals surface area contributed by atoms with Gasteiger partial charge in [-0.05, 0) is 47.6 Å². The normalized spacial score (nSPS) is 15.0. The summed E-state index contributed by atoms with van der Waals surface area (Å²) in [4.78, 5) is 12.5. The first-order valence-electron chi connectivity index (χ1n) is 7.16. The van der Waals surface area contributed by atoms with E-state index in [4.69, 9.17) is 11.6 Å². The standard InChI is InChI=1S/C15H18ClN3OS/c1-10-8-21-9-12(10)5-17-14-13(16)6-18-19(15(14)20)7-11-3-2-4-11/h6,8-9,11,17H,2-5,7H2,1H3. The molecule has 21 heavy (non-hydrogen) atoms. The highest BCUT2D eigenvalue weighted by atomic mass is 35.5. The van der Waals surface area contributed by atoms with Crippen molar-refractivity contribution in [2.24, 2.45) is 5.92 Å². The van der Waals surface area contributed by atoms with Crippen LogP contribution in [0.15, 0.2) is 21.8 Å². The molecule has 3 rings (SSSR count). The number of nitrogens with zero attached hydrogens (tertiary/aromatic N) is 2. The van der Waals surface area contributed by atoms with Gasteiger partial charge in [0.1, 0.15) is 5.69 Å². The fraction of sp³-hybridized carbons (Fsp3) is 0.467. The Kier molecular flexibility index (Phi) is 4.31. The molecular formula is C15H18ClN3OS. The lowest BCUT2D eigenvalue weighted by atomic mass is 9.85. The lowest BCUT2D eigenvalue weighted by Gasteiger charge is -2.25. The van der Waals surface area contributed by atoms with Gasteiger partial charge < -0.3 is 5.32 Å². The molecule has 0 saturated heterocycles. The van der Waals surface area contributed by atoms with Gasteiger partial charge in [0.2, 0.25) is 0 Å². The average Bonchev–Trinajstić information content (AvgIpc) is 2.81. The third-order valence-electron chi connectivity index (χ3n) is 4.07. The third-order valence-corrected chi connectivity index (χ3v) is 5.27. The Morgan fingerprint density at radius 2 is 2.29 bits per heavy atom. The number of hydrogen-bond acceptors (Lipinski definition) is 4. The van der Waals surface area contributed by atoms with Crippen molar-refractivity contribution in [2.45, 2.75) is 39.3 Å². The molecule has 0 aromatic carbocycles. The molecular weight excluding hydrogens is 306 g/mol. The Balaban J connectivity index is 1.78. The largest absolute Gasteiger partial charge is 0.375 e. The summed E-state index contributed by atoms with van der Waals surface area (Å²) in [5.41, 5.74) is 2.75. The Labute approximate surface area is 132 Å². The molecule has 0 aliphatic heterocycles. The second-order valence-corrected chi connectivity index (χ2v) is 6.74. The third kappa shape index (κ3) is 3.14. The predicted octanol–water partition coefficient (Wildman–Crippen LogP) is 3.68. The van der Waals surface area contributed by atoms with Crippen LogP contribution < -0.4 is 10.9 Å². The summed E-state index contributed by atoms with van der Waals surface area (Å²) < 4.78 is 1.54. The van der Waals surface area contributed by atoms with E-state index in [1.165, 1.54) is 30.4 Å². The van der Waals surface area contributed by atoms with Gasteiger partial charge >= 0.3 is 0 Å². The summed E-state index contributed by atoms with van der Waals surface area (Å²) in [6.07, 6.45) is 5.20. The minimum absolute atomic E-state index is 0.123.